The third-order valence-corrected chi connectivity index (χ3v) is 4.14. The molecule has 22 heavy (non-hydrogen) atoms. The number of ether oxygens (including phenoxy) is 1. The molecule has 10 nitrogen and oxygen atoms in total. The van der Waals surface area contributed by atoms with Crippen molar-refractivity contribution < 1.29 is 23.6 Å². The van der Waals surface area contributed by atoms with Crippen LogP contribution in [-0.2, 0) is 13.8 Å². The van der Waals surface area contributed by atoms with Gasteiger partial charge >= 0.3 is 7.82 Å². The Bertz CT molecular complexity index is 736. The molecule has 3 unspecified atom stereocenters. The van der Waals surface area contributed by atoms with Crippen LogP contribution < -0.4 is 5.73 Å². The molecule has 4 N–H and O–H groups in total. The second kappa shape index (κ2) is 5.73. The molecular weight excluding hydrogens is 337 g/mol. The predicted octanol–water partition coefficient (Wildman–Crippen LogP) is 0.413. The number of hydrogen-bond acceptors (Lipinski definition) is 7. The molecule has 1 saturated heterocycles. The molecule has 0 saturated carbocycles. The van der Waals surface area contributed by atoms with Crippen molar-refractivity contribution in [1.29, 1.82) is 0 Å². The minimum Gasteiger partial charge on any atom is -0.382 e. The Hall–Kier alpha value is -1.29. The van der Waals surface area contributed by atoms with Crippen molar-refractivity contribution in [2.75, 3.05) is 11.6 Å². The third-order valence-electron chi connectivity index (χ3n) is 3.25. The lowest BCUT2D eigenvalue weighted by Gasteiger charge is -2.20. The van der Waals surface area contributed by atoms with E-state index in [1.54, 1.807) is 0 Å². The van der Waals surface area contributed by atoms with Crippen LogP contribution in [-0.4, -0.2) is 47.4 Å². The summed E-state index contributed by atoms with van der Waals surface area (Å²) in [5.74, 6) is 0.365. The van der Waals surface area contributed by atoms with Crippen LogP contribution in [0.3, 0.4) is 0 Å². The fraction of sp³-hybridized carbons (Fsp3) is 0.500. The fourth-order valence-electron chi connectivity index (χ4n) is 2.39. The number of phosphoric acid groups is 1. The fourth-order valence-corrected chi connectivity index (χ4v) is 3.13. The van der Waals surface area contributed by atoms with E-state index < -0.39 is 26.3 Å². The van der Waals surface area contributed by atoms with E-state index in [0.717, 1.165) is 0 Å². The van der Waals surface area contributed by atoms with Gasteiger partial charge in [0.05, 0.1) is 12.4 Å². The van der Waals surface area contributed by atoms with Gasteiger partial charge in [-0.15, -0.1) is 11.6 Å². The van der Waals surface area contributed by atoms with Crippen LogP contribution in [0.4, 0.5) is 5.82 Å². The highest BCUT2D eigenvalue weighted by Gasteiger charge is 2.41. The number of halogens is 1. The lowest BCUT2D eigenvalue weighted by molar-refractivity contribution is -0.0282. The van der Waals surface area contributed by atoms with Crippen molar-refractivity contribution in [3.63, 3.8) is 0 Å². The summed E-state index contributed by atoms with van der Waals surface area (Å²) in [4.78, 5) is 30.1. The van der Waals surface area contributed by atoms with Crippen molar-refractivity contribution in [1.82, 2.24) is 19.5 Å². The minimum atomic E-state index is -4.68. The summed E-state index contributed by atoms with van der Waals surface area (Å²) in [5.41, 5.74) is 6.47. The van der Waals surface area contributed by atoms with Gasteiger partial charge in [0.1, 0.15) is 17.9 Å². The first-order valence-electron chi connectivity index (χ1n) is 6.27. The van der Waals surface area contributed by atoms with E-state index in [0.29, 0.717) is 11.2 Å². The highest BCUT2D eigenvalue weighted by Crippen LogP contribution is 2.45. The summed E-state index contributed by atoms with van der Waals surface area (Å²) in [5, 5.41) is 0. The normalized spacial score (nSPS) is 25.9. The van der Waals surface area contributed by atoms with E-state index in [-0.39, 0.29) is 18.1 Å². The molecule has 12 heteroatoms. The molecule has 0 radical (unpaired) electrons. The van der Waals surface area contributed by atoms with E-state index in [1.807, 2.05) is 0 Å². The van der Waals surface area contributed by atoms with Gasteiger partial charge in [0.25, 0.3) is 0 Å². The van der Waals surface area contributed by atoms with Gasteiger partial charge in [0.2, 0.25) is 0 Å². The Morgan fingerprint density at radius 2 is 2.27 bits per heavy atom. The van der Waals surface area contributed by atoms with Gasteiger partial charge in [0.15, 0.2) is 17.7 Å². The summed E-state index contributed by atoms with van der Waals surface area (Å²) >= 11 is 5.77. The Morgan fingerprint density at radius 3 is 2.95 bits per heavy atom. The third kappa shape index (κ3) is 2.94. The molecule has 1 aliphatic rings. The first-order chi connectivity index (χ1) is 10.4. The predicted molar refractivity (Wildman–Crippen MR) is 75.9 cm³/mol. The summed E-state index contributed by atoms with van der Waals surface area (Å²) in [6.07, 6.45) is 0.795. The molecule has 2 aromatic rings. The number of nitrogens with two attached hydrogens (primary N) is 1. The molecule has 2 aromatic heterocycles. The van der Waals surface area contributed by atoms with Crippen LogP contribution in [0.2, 0.25) is 0 Å². The lowest BCUT2D eigenvalue weighted by Crippen LogP contribution is -2.21. The maximum absolute atomic E-state index is 11.1. The Kier molecular flexibility index (Phi) is 4.06. The van der Waals surface area contributed by atoms with Crippen molar-refractivity contribution >= 4 is 36.4 Å². The van der Waals surface area contributed by atoms with Crippen LogP contribution in [0.15, 0.2) is 12.7 Å². The Labute approximate surface area is 129 Å². The number of nitrogens with zero attached hydrogens (tertiary/aromatic N) is 4. The number of anilines is 1. The zero-order valence-corrected chi connectivity index (χ0v) is 12.8. The van der Waals surface area contributed by atoms with Gasteiger partial charge in [-0.1, -0.05) is 0 Å². The van der Waals surface area contributed by atoms with Crippen LogP contribution in [0, 0.1) is 0 Å². The zero-order valence-electron chi connectivity index (χ0n) is 11.1. The van der Waals surface area contributed by atoms with Crippen molar-refractivity contribution in [3.8, 4) is 0 Å². The Balaban J connectivity index is 1.99. The molecule has 3 rings (SSSR count). The first-order valence-corrected chi connectivity index (χ1v) is 8.34. The topological polar surface area (TPSA) is 146 Å². The van der Waals surface area contributed by atoms with Crippen molar-refractivity contribution in [2.24, 2.45) is 0 Å². The summed E-state index contributed by atoms with van der Waals surface area (Å²) in [7, 11) is -4.68. The summed E-state index contributed by atoms with van der Waals surface area (Å²) in [6.45, 7) is 0. The first kappa shape index (κ1) is 15.6. The number of fused-ring (bicyclic) bond motifs is 1. The summed E-state index contributed by atoms with van der Waals surface area (Å²) < 4.78 is 23.1. The van der Waals surface area contributed by atoms with Crippen molar-refractivity contribution in [2.45, 2.75) is 24.9 Å². The van der Waals surface area contributed by atoms with Gasteiger partial charge < -0.3 is 20.3 Å². The number of nitrogen functional groups attached to an aromatic ring is 1. The van der Waals surface area contributed by atoms with Crippen LogP contribution >= 0.6 is 19.4 Å². The van der Waals surface area contributed by atoms with Gasteiger partial charge in [-0.3, -0.25) is 9.09 Å². The van der Waals surface area contributed by atoms with Gasteiger partial charge in [-0.2, -0.15) is 0 Å². The maximum atomic E-state index is 11.1. The molecule has 0 spiro atoms. The van der Waals surface area contributed by atoms with Crippen LogP contribution in [0.25, 0.3) is 11.2 Å². The average Bonchev–Trinajstić information content (AvgIpc) is 3.01. The molecular formula is C10H13ClN5O5P. The molecule has 0 bridgehead atoms. The van der Waals surface area contributed by atoms with Crippen molar-refractivity contribution in [3.05, 3.63) is 12.7 Å². The van der Waals surface area contributed by atoms with E-state index >= 15 is 0 Å². The zero-order chi connectivity index (χ0) is 15.9. The maximum Gasteiger partial charge on any atom is 0.470 e. The molecule has 0 amide bonds. The van der Waals surface area contributed by atoms with Gasteiger partial charge in [-0.05, 0) is 0 Å². The second-order valence-electron chi connectivity index (χ2n) is 4.76. The van der Waals surface area contributed by atoms with Gasteiger partial charge in [0, 0.05) is 12.3 Å². The van der Waals surface area contributed by atoms with Gasteiger partial charge in [-0.25, -0.2) is 19.5 Å². The molecule has 0 aromatic carbocycles. The number of phosphoric ester groups is 1. The van der Waals surface area contributed by atoms with Crippen LogP contribution in [0.1, 0.15) is 12.6 Å². The smallest absolute Gasteiger partial charge is 0.382 e. The molecule has 3 heterocycles. The number of aromatic nitrogens is 4. The largest absolute Gasteiger partial charge is 0.470 e. The Morgan fingerprint density at radius 1 is 1.50 bits per heavy atom. The standard InChI is InChI=1S/C10H13ClN5O5P/c11-2-5-1-6(21-22(17,18)19)10(20-5)16-4-15-7-8(12)13-3-14-9(7)16/h3-6,10H,1-2H2,(H2,12,13,14)(H2,17,18,19). The molecule has 120 valence electrons. The lowest BCUT2D eigenvalue weighted by atomic mass is 10.2. The number of alkyl halides is 1. The number of rotatable bonds is 4. The SMILES string of the molecule is Nc1ncnc2c1ncn2C1OC(CCl)CC1OP(=O)(O)O. The van der Waals surface area contributed by atoms with E-state index in [2.05, 4.69) is 15.0 Å². The molecule has 0 aliphatic carbocycles. The molecule has 1 fully saturated rings. The van der Waals surface area contributed by atoms with E-state index in [4.69, 9.17) is 36.4 Å². The summed E-state index contributed by atoms with van der Waals surface area (Å²) in [6, 6.07) is 0. The quantitative estimate of drug-likeness (QED) is 0.527. The average molecular weight is 350 g/mol. The minimum absolute atomic E-state index is 0.168. The number of hydrogen-bond donors (Lipinski definition) is 3. The molecule has 1 aliphatic heterocycles. The molecule has 3 atom stereocenters. The number of imidazole rings is 1. The highest BCUT2D eigenvalue weighted by atomic mass is 35.5. The van der Waals surface area contributed by atoms with E-state index in [9.17, 15) is 4.57 Å². The van der Waals surface area contributed by atoms with E-state index in [1.165, 1.54) is 17.2 Å². The van der Waals surface area contributed by atoms with Crippen LogP contribution in [0.5, 0.6) is 0 Å². The second-order valence-corrected chi connectivity index (χ2v) is 6.26. The monoisotopic (exact) mass is 349 g/mol. The highest BCUT2D eigenvalue weighted by molar-refractivity contribution is 7.46.